The molecule has 3 nitrogen and oxygen atoms in total. The van der Waals surface area contributed by atoms with Crippen LogP contribution in [0.25, 0.3) is 10.9 Å². The van der Waals surface area contributed by atoms with E-state index in [0.717, 1.165) is 29.3 Å². The van der Waals surface area contributed by atoms with Gasteiger partial charge in [-0.2, -0.15) is 0 Å². The van der Waals surface area contributed by atoms with Crippen LogP contribution < -0.4 is 5.73 Å². The Balaban J connectivity index is 1.95. The van der Waals surface area contributed by atoms with Gasteiger partial charge in [-0.3, -0.25) is 4.98 Å². The van der Waals surface area contributed by atoms with E-state index in [1.807, 2.05) is 24.3 Å². The Hall–Kier alpha value is -1.45. The van der Waals surface area contributed by atoms with Gasteiger partial charge >= 0.3 is 0 Å². The molecule has 21 heavy (non-hydrogen) atoms. The van der Waals surface area contributed by atoms with Crippen molar-refractivity contribution in [3.8, 4) is 0 Å². The van der Waals surface area contributed by atoms with Crippen LogP contribution >= 0.6 is 0 Å². The first-order valence-electron chi connectivity index (χ1n) is 7.98. The standard InChI is InChI=1S/C18H24N2O/c19-13-18(9-3-1-2-4-10-18)17(21)15-7-8-16-14(12-15)6-5-11-20-16/h5-8,11-12,17,21H,1-4,9-10,13,19H2. The van der Waals surface area contributed by atoms with Gasteiger partial charge in [-0.15, -0.1) is 0 Å². The molecule has 0 amide bonds. The van der Waals surface area contributed by atoms with Crippen LogP contribution in [-0.2, 0) is 0 Å². The number of pyridine rings is 1. The molecule has 1 aromatic carbocycles. The lowest BCUT2D eigenvalue weighted by molar-refractivity contribution is 0.0167. The van der Waals surface area contributed by atoms with Gasteiger partial charge in [0, 0.05) is 23.5 Å². The molecule has 0 bridgehead atoms. The Kier molecular flexibility index (Phi) is 4.22. The summed E-state index contributed by atoms with van der Waals surface area (Å²) >= 11 is 0. The van der Waals surface area contributed by atoms with Crippen LogP contribution in [0.1, 0.15) is 50.2 Å². The summed E-state index contributed by atoms with van der Waals surface area (Å²) in [7, 11) is 0. The number of aliphatic hydroxyl groups is 1. The number of hydrogen-bond donors (Lipinski definition) is 2. The molecule has 2 aromatic rings. The second-order valence-corrected chi connectivity index (χ2v) is 6.34. The van der Waals surface area contributed by atoms with Gasteiger partial charge in [0.2, 0.25) is 0 Å². The van der Waals surface area contributed by atoms with Gasteiger partial charge in [0.25, 0.3) is 0 Å². The van der Waals surface area contributed by atoms with E-state index in [4.69, 9.17) is 5.73 Å². The van der Waals surface area contributed by atoms with Crippen molar-refractivity contribution in [2.45, 2.75) is 44.6 Å². The molecule has 3 rings (SSSR count). The van der Waals surface area contributed by atoms with Gasteiger partial charge in [0.05, 0.1) is 11.6 Å². The minimum absolute atomic E-state index is 0.160. The highest BCUT2D eigenvalue weighted by Gasteiger charge is 2.37. The fourth-order valence-electron chi connectivity index (χ4n) is 3.64. The molecule has 112 valence electrons. The molecule has 1 atom stereocenters. The topological polar surface area (TPSA) is 59.1 Å². The van der Waals surface area contributed by atoms with E-state index in [1.165, 1.54) is 25.7 Å². The van der Waals surface area contributed by atoms with E-state index < -0.39 is 6.10 Å². The van der Waals surface area contributed by atoms with Gasteiger partial charge < -0.3 is 10.8 Å². The summed E-state index contributed by atoms with van der Waals surface area (Å²) in [6, 6.07) is 10.0. The van der Waals surface area contributed by atoms with E-state index >= 15 is 0 Å². The number of aliphatic hydroxyl groups excluding tert-OH is 1. The van der Waals surface area contributed by atoms with Crippen molar-refractivity contribution < 1.29 is 5.11 Å². The van der Waals surface area contributed by atoms with Crippen LogP contribution in [0.3, 0.4) is 0 Å². The molecule has 1 saturated carbocycles. The lowest BCUT2D eigenvalue weighted by Crippen LogP contribution is -2.36. The maximum Gasteiger partial charge on any atom is 0.0858 e. The van der Waals surface area contributed by atoms with Crippen LogP contribution in [0.2, 0.25) is 0 Å². The highest BCUT2D eigenvalue weighted by atomic mass is 16.3. The van der Waals surface area contributed by atoms with E-state index in [2.05, 4.69) is 11.1 Å². The summed E-state index contributed by atoms with van der Waals surface area (Å²) < 4.78 is 0. The molecule has 0 radical (unpaired) electrons. The Morgan fingerprint density at radius 2 is 1.90 bits per heavy atom. The van der Waals surface area contributed by atoms with Crippen LogP contribution in [0, 0.1) is 5.41 Å². The third kappa shape index (κ3) is 2.81. The van der Waals surface area contributed by atoms with E-state index in [-0.39, 0.29) is 5.41 Å². The zero-order valence-electron chi connectivity index (χ0n) is 12.5. The zero-order chi connectivity index (χ0) is 14.7. The number of benzene rings is 1. The molecule has 3 N–H and O–H groups in total. The first kappa shape index (κ1) is 14.5. The summed E-state index contributed by atoms with van der Waals surface area (Å²) in [6.07, 6.45) is 8.22. The van der Waals surface area contributed by atoms with Crippen molar-refractivity contribution in [2.24, 2.45) is 11.1 Å². The highest BCUT2D eigenvalue weighted by Crippen LogP contribution is 2.44. The van der Waals surface area contributed by atoms with Crippen LogP contribution in [-0.4, -0.2) is 16.6 Å². The van der Waals surface area contributed by atoms with Crippen LogP contribution in [0.5, 0.6) is 0 Å². The summed E-state index contributed by atoms with van der Waals surface area (Å²) in [6.45, 7) is 0.555. The molecular formula is C18H24N2O. The lowest BCUT2D eigenvalue weighted by atomic mass is 9.73. The van der Waals surface area contributed by atoms with E-state index in [0.29, 0.717) is 6.54 Å². The molecule has 1 fully saturated rings. The summed E-state index contributed by atoms with van der Waals surface area (Å²) in [4.78, 5) is 4.34. The summed E-state index contributed by atoms with van der Waals surface area (Å²) in [5.74, 6) is 0. The molecular weight excluding hydrogens is 260 g/mol. The van der Waals surface area contributed by atoms with Crippen molar-refractivity contribution in [3.63, 3.8) is 0 Å². The largest absolute Gasteiger partial charge is 0.388 e. The summed E-state index contributed by atoms with van der Waals surface area (Å²) in [5, 5.41) is 12.1. The number of aromatic nitrogens is 1. The molecule has 1 aliphatic rings. The Labute approximate surface area is 126 Å². The van der Waals surface area contributed by atoms with Crippen LogP contribution in [0.15, 0.2) is 36.5 Å². The van der Waals surface area contributed by atoms with Crippen molar-refractivity contribution in [3.05, 3.63) is 42.1 Å². The average molecular weight is 284 g/mol. The highest BCUT2D eigenvalue weighted by molar-refractivity contribution is 5.79. The Bertz CT molecular complexity index is 603. The van der Waals surface area contributed by atoms with Crippen molar-refractivity contribution in [2.75, 3.05) is 6.54 Å². The zero-order valence-corrected chi connectivity index (χ0v) is 12.5. The molecule has 3 heteroatoms. The first-order chi connectivity index (χ1) is 10.2. The SMILES string of the molecule is NCC1(C(O)c2ccc3ncccc3c2)CCCCCC1. The molecule has 1 aliphatic carbocycles. The molecule has 0 spiro atoms. The molecule has 1 unspecified atom stereocenters. The van der Waals surface area contributed by atoms with Gasteiger partial charge in [-0.05, 0) is 36.6 Å². The predicted molar refractivity (Wildman–Crippen MR) is 85.9 cm³/mol. The Morgan fingerprint density at radius 1 is 1.14 bits per heavy atom. The molecule has 0 saturated heterocycles. The maximum absolute atomic E-state index is 11.0. The van der Waals surface area contributed by atoms with Crippen molar-refractivity contribution in [1.29, 1.82) is 0 Å². The quantitative estimate of drug-likeness (QED) is 0.847. The van der Waals surface area contributed by atoms with Gasteiger partial charge in [-0.1, -0.05) is 37.8 Å². The van der Waals surface area contributed by atoms with E-state index in [9.17, 15) is 5.11 Å². The van der Waals surface area contributed by atoms with Crippen LogP contribution in [0.4, 0.5) is 0 Å². The smallest absolute Gasteiger partial charge is 0.0858 e. The number of rotatable bonds is 3. The number of nitrogens with zero attached hydrogens (tertiary/aromatic N) is 1. The minimum Gasteiger partial charge on any atom is -0.388 e. The van der Waals surface area contributed by atoms with Gasteiger partial charge in [-0.25, -0.2) is 0 Å². The second kappa shape index (κ2) is 6.12. The second-order valence-electron chi connectivity index (χ2n) is 6.34. The third-order valence-corrected chi connectivity index (χ3v) is 5.03. The van der Waals surface area contributed by atoms with Crippen molar-refractivity contribution >= 4 is 10.9 Å². The monoisotopic (exact) mass is 284 g/mol. The summed E-state index contributed by atoms with van der Waals surface area (Å²) in [5.41, 5.74) is 7.87. The first-order valence-corrected chi connectivity index (χ1v) is 7.98. The predicted octanol–water partition coefficient (Wildman–Crippen LogP) is 3.57. The lowest BCUT2D eigenvalue weighted by Gasteiger charge is -2.36. The number of hydrogen-bond acceptors (Lipinski definition) is 3. The van der Waals surface area contributed by atoms with Crippen molar-refractivity contribution in [1.82, 2.24) is 4.98 Å². The molecule has 1 heterocycles. The Morgan fingerprint density at radius 3 is 2.62 bits per heavy atom. The fraction of sp³-hybridized carbons (Fsp3) is 0.500. The third-order valence-electron chi connectivity index (χ3n) is 5.03. The maximum atomic E-state index is 11.0. The fourth-order valence-corrected chi connectivity index (χ4v) is 3.64. The molecule has 1 aromatic heterocycles. The van der Waals surface area contributed by atoms with E-state index in [1.54, 1.807) is 6.20 Å². The molecule has 0 aliphatic heterocycles. The number of fused-ring (bicyclic) bond motifs is 1. The normalized spacial score (nSPS) is 20.1. The van der Waals surface area contributed by atoms with Gasteiger partial charge in [0.1, 0.15) is 0 Å². The van der Waals surface area contributed by atoms with Gasteiger partial charge in [0.15, 0.2) is 0 Å². The minimum atomic E-state index is -0.481. The number of nitrogens with two attached hydrogens (primary N) is 1. The average Bonchev–Trinajstić information content (AvgIpc) is 2.80.